The number of aliphatic carboxylic acids is 1. The molecule has 2 atom stereocenters. The van der Waals surface area contributed by atoms with Crippen LogP contribution < -0.4 is 27.0 Å². The quantitative estimate of drug-likeness (QED) is 0.0817. The maximum absolute atomic E-state index is 13.1. The van der Waals surface area contributed by atoms with Gasteiger partial charge < -0.3 is 36.8 Å². The highest BCUT2D eigenvalue weighted by Crippen LogP contribution is 2.13. The Bertz CT molecular complexity index is 1000. The van der Waals surface area contributed by atoms with Crippen molar-refractivity contribution in [2.24, 2.45) is 11.7 Å². The van der Waals surface area contributed by atoms with Crippen LogP contribution in [0.4, 0.5) is 10.5 Å². The molecule has 0 bridgehead atoms. The molecule has 1 aromatic carbocycles. The molecule has 39 heavy (non-hydrogen) atoms. The third kappa shape index (κ3) is 14.1. The summed E-state index contributed by atoms with van der Waals surface area (Å²) in [6, 6.07) is 3.88. The Morgan fingerprint density at radius 3 is 2.21 bits per heavy atom. The minimum absolute atomic E-state index is 0.0394. The fourth-order valence-electron chi connectivity index (χ4n) is 3.35. The summed E-state index contributed by atoms with van der Waals surface area (Å²) in [5.74, 6) is -3.42. The number of anilines is 1. The fourth-order valence-corrected chi connectivity index (χ4v) is 3.44. The van der Waals surface area contributed by atoms with Crippen LogP contribution in [-0.2, 0) is 35.3 Å². The van der Waals surface area contributed by atoms with Crippen molar-refractivity contribution in [3.63, 3.8) is 0 Å². The smallest absolute Gasteiger partial charge is 0.315 e. The predicted molar refractivity (Wildman–Crippen MR) is 146 cm³/mol. The van der Waals surface area contributed by atoms with E-state index in [1.54, 1.807) is 38.1 Å². The van der Waals surface area contributed by atoms with E-state index in [1.165, 1.54) is 0 Å². The second-order valence-corrected chi connectivity index (χ2v) is 9.35. The second kappa shape index (κ2) is 17.7. The van der Waals surface area contributed by atoms with Crippen LogP contribution in [0.15, 0.2) is 24.3 Å². The molecule has 1 rings (SSSR count). The van der Waals surface area contributed by atoms with Crippen molar-refractivity contribution in [1.29, 1.82) is 0 Å². The number of benzene rings is 1. The van der Waals surface area contributed by atoms with Gasteiger partial charge in [0, 0.05) is 25.1 Å². The van der Waals surface area contributed by atoms with Crippen LogP contribution in [0.1, 0.15) is 51.5 Å². The standard InChI is InChI=1S/C25H37N5O8S/c1-15(2)22(30-19(31)6-3-7-20(32)33)24(36)29-18(5-4-12-27-25(26)37)23(35)28-17-10-8-16(9-11-17)13-38-21(34)14-39/h8-11,15,18,22,39H,3-7,12-14H2,1-2H3,(H,28,35)(H,29,36)(H,30,31)(H,32,33)(H3,26,27,37)/t18-,22-/m0/s1. The normalized spacial score (nSPS) is 12.1. The number of thiol groups is 1. The summed E-state index contributed by atoms with van der Waals surface area (Å²) >= 11 is 3.84. The zero-order valence-corrected chi connectivity index (χ0v) is 22.9. The molecular weight excluding hydrogens is 530 g/mol. The number of hydrogen-bond acceptors (Lipinski definition) is 8. The Balaban J connectivity index is 2.88. The van der Waals surface area contributed by atoms with Gasteiger partial charge in [0.15, 0.2) is 0 Å². The van der Waals surface area contributed by atoms with Crippen molar-refractivity contribution in [3.05, 3.63) is 29.8 Å². The number of rotatable bonds is 17. The zero-order chi connectivity index (χ0) is 29.4. The van der Waals surface area contributed by atoms with Gasteiger partial charge in [-0.25, -0.2) is 4.79 Å². The van der Waals surface area contributed by atoms with E-state index in [-0.39, 0.29) is 50.5 Å². The van der Waals surface area contributed by atoms with Crippen molar-refractivity contribution in [2.45, 2.75) is 64.6 Å². The lowest BCUT2D eigenvalue weighted by Crippen LogP contribution is -2.54. The van der Waals surface area contributed by atoms with Crippen molar-refractivity contribution in [1.82, 2.24) is 16.0 Å². The van der Waals surface area contributed by atoms with Crippen LogP contribution in [0, 0.1) is 5.92 Å². The molecular formula is C25H37N5O8S. The van der Waals surface area contributed by atoms with E-state index >= 15 is 0 Å². The third-order valence-electron chi connectivity index (χ3n) is 5.41. The van der Waals surface area contributed by atoms with Gasteiger partial charge in [0.2, 0.25) is 17.7 Å². The average Bonchev–Trinajstić information content (AvgIpc) is 2.87. The number of amides is 5. The number of nitrogens with one attached hydrogen (secondary N) is 4. The van der Waals surface area contributed by atoms with Crippen LogP contribution in [0.5, 0.6) is 0 Å². The fraction of sp³-hybridized carbons (Fsp3) is 0.520. The maximum Gasteiger partial charge on any atom is 0.315 e. The second-order valence-electron chi connectivity index (χ2n) is 9.04. The molecule has 13 nitrogen and oxygen atoms in total. The minimum Gasteiger partial charge on any atom is -0.481 e. The van der Waals surface area contributed by atoms with Gasteiger partial charge in [-0.2, -0.15) is 12.6 Å². The van der Waals surface area contributed by atoms with Gasteiger partial charge in [0.1, 0.15) is 18.7 Å². The molecule has 5 amide bonds. The van der Waals surface area contributed by atoms with E-state index in [0.29, 0.717) is 17.7 Å². The number of carboxylic acids is 1. The van der Waals surface area contributed by atoms with Crippen molar-refractivity contribution in [3.8, 4) is 0 Å². The molecule has 0 radical (unpaired) electrons. The molecule has 216 valence electrons. The van der Waals surface area contributed by atoms with Gasteiger partial charge >= 0.3 is 18.0 Å². The molecule has 1 aromatic rings. The molecule has 0 heterocycles. The van der Waals surface area contributed by atoms with E-state index in [4.69, 9.17) is 15.6 Å². The number of esters is 1. The lowest BCUT2D eigenvalue weighted by molar-refractivity contribution is -0.141. The highest BCUT2D eigenvalue weighted by molar-refractivity contribution is 7.81. The Kier molecular flexibility index (Phi) is 15.0. The summed E-state index contributed by atoms with van der Waals surface area (Å²) in [4.78, 5) is 71.3. The molecule has 0 aromatic heterocycles. The van der Waals surface area contributed by atoms with Crippen molar-refractivity contribution in [2.75, 3.05) is 17.6 Å². The maximum atomic E-state index is 13.1. The van der Waals surface area contributed by atoms with E-state index in [9.17, 15) is 28.8 Å². The van der Waals surface area contributed by atoms with Gasteiger partial charge in [-0.1, -0.05) is 26.0 Å². The first-order valence-electron chi connectivity index (χ1n) is 12.4. The zero-order valence-electron chi connectivity index (χ0n) is 22.0. The van der Waals surface area contributed by atoms with Crippen LogP contribution in [0.3, 0.4) is 0 Å². The number of nitrogens with two attached hydrogens (primary N) is 1. The molecule has 0 saturated heterocycles. The molecule has 0 aliphatic rings. The highest BCUT2D eigenvalue weighted by Gasteiger charge is 2.28. The first-order valence-corrected chi connectivity index (χ1v) is 13.1. The van der Waals surface area contributed by atoms with Crippen molar-refractivity contribution >= 4 is 54.0 Å². The van der Waals surface area contributed by atoms with Crippen LogP contribution >= 0.6 is 12.6 Å². The Hall–Kier alpha value is -3.81. The number of carbonyl (C=O) groups is 6. The molecule has 0 aliphatic carbocycles. The van der Waals surface area contributed by atoms with Crippen LogP contribution in [0.25, 0.3) is 0 Å². The Morgan fingerprint density at radius 2 is 1.64 bits per heavy atom. The monoisotopic (exact) mass is 567 g/mol. The number of ether oxygens (including phenoxy) is 1. The van der Waals surface area contributed by atoms with Gasteiger partial charge in [0.25, 0.3) is 0 Å². The molecule has 0 aliphatic heterocycles. The van der Waals surface area contributed by atoms with E-state index in [2.05, 4.69) is 33.9 Å². The van der Waals surface area contributed by atoms with Gasteiger partial charge in [-0.15, -0.1) is 0 Å². The number of hydrogen-bond donors (Lipinski definition) is 7. The van der Waals surface area contributed by atoms with Gasteiger partial charge in [0.05, 0.1) is 5.75 Å². The summed E-state index contributed by atoms with van der Waals surface area (Å²) in [5, 5.41) is 19.2. The summed E-state index contributed by atoms with van der Waals surface area (Å²) in [6.45, 7) is 3.69. The van der Waals surface area contributed by atoms with Crippen molar-refractivity contribution < 1.29 is 38.6 Å². The lowest BCUT2D eigenvalue weighted by Gasteiger charge is -2.25. The number of urea groups is 1. The van der Waals surface area contributed by atoms with Gasteiger partial charge in [-0.3, -0.25) is 24.0 Å². The molecule has 0 spiro atoms. The molecule has 0 saturated carbocycles. The first kappa shape index (κ1) is 33.2. The molecule has 0 unspecified atom stereocenters. The number of carbonyl (C=O) groups excluding carboxylic acids is 5. The van der Waals surface area contributed by atoms with E-state index < -0.39 is 47.8 Å². The largest absolute Gasteiger partial charge is 0.481 e. The van der Waals surface area contributed by atoms with Gasteiger partial charge in [-0.05, 0) is 42.9 Å². The molecule has 0 fully saturated rings. The summed E-state index contributed by atoms with van der Waals surface area (Å²) < 4.78 is 5.01. The third-order valence-corrected chi connectivity index (χ3v) is 5.67. The predicted octanol–water partition coefficient (Wildman–Crippen LogP) is 0.927. The highest BCUT2D eigenvalue weighted by atomic mass is 32.1. The summed E-state index contributed by atoms with van der Waals surface area (Å²) in [6.07, 6.45) is 0.379. The number of carboxylic acid groups (broad SMARTS) is 1. The average molecular weight is 568 g/mol. The summed E-state index contributed by atoms with van der Waals surface area (Å²) in [7, 11) is 0. The first-order chi connectivity index (χ1) is 18.4. The Morgan fingerprint density at radius 1 is 0.974 bits per heavy atom. The molecule has 14 heteroatoms. The topological polar surface area (TPSA) is 206 Å². The van der Waals surface area contributed by atoms with E-state index in [1.807, 2.05) is 0 Å². The van der Waals surface area contributed by atoms with E-state index in [0.717, 1.165) is 0 Å². The lowest BCUT2D eigenvalue weighted by atomic mass is 10.0. The molecule has 7 N–H and O–H groups in total. The van der Waals surface area contributed by atoms with Crippen LogP contribution in [0.2, 0.25) is 0 Å². The summed E-state index contributed by atoms with van der Waals surface area (Å²) in [5.41, 5.74) is 6.21. The van der Waals surface area contributed by atoms with Crippen LogP contribution in [-0.4, -0.2) is 65.2 Å². The number of primary amides is 1. The minimum atomic E-state index is -1.02. The SMILES string of the molecule is CC(C)[C@H](NC(=O)CCCC(=O)O)C(=O)N[C@@H](CCCNC(N)=O)C(=O)Nc1ccc(COC(=O)CS)cc1. The Labute approximate surface area is 232 Å².